The monoisotopic (exact) mass is 490 g/mol. The summed E-state index contributed by atoms with van der Waals surface area (Å²) < 4.78 is 14.9. The van der Waals surface area contributed by atoms with Gasteiger partial charge in [0.2, 0.25) is 0 Å². The Labute approximate surface area is 209 Å². The Morgan fingerprint density at radius 2 is 1.86 bits per heavy atom. The molecule has 0 unspecified atom stereocenters. The summed E-state index contributed by atoms with van der Waals surface area (Å²) in [6.45, 7) is 9.12. The maximum atomic E-state index is 13.5. The molecule has 0 saturated carbocycles. The highest BCUT2D eigenvalue weighted by molar-refractivity contribution is 5.96. The highest BCUT2D eigenvalue weighted by Crippen LogP contribution is 2.27. The van der Waals surface area contributed by atoms with Gasteiger partial charge in [-0.3, -0.25) is 9.59 Å². The molecule has 0 radical (unpaired) electrons. The largest absolute Gasteiger partial charge is 0.388 e. The van der Waals surface area contributed by atoms with Crippen molar-refractivity contribution < 1.29 is 14.3 Å². The van der Waals surface area contributed by atoms with Gasteiger partial charge >= 0.3 is 0 Å². The van der Waals surface area contributed by atoms with E-state index in [2.05, 4.69) is 15.4 Å². The number of amides is 1. The maximum absolute atomic E-state index is 13.5. The lowest BCUT2D eigenvalue weighted by Gasteiger charge is -2.30. The predicted molar refractivity (Wildman–Crippen MR) is 138 cm³/mol. The van der Waals surface area contributed by atoms with Gasteiger partial charge in [0.25, 0.3) is 11.5 Å². The number of benzene rings is 2. The van der Waals surface area contributed by atoms with Crippen LogP contribution in [0.4, 0.5) is 4.39 Å². The van der Waals surface area contributed by atoms with Gasteiger partial charge in [-0.25, -0.2) is 8.91 Å². The molecule has 0 saturated heterocycles. The average Bonchev–Trinajstić information content (AvgIpc) is 3.18. The summed E-state index contributed by atoms with van der Waals surface area (Å²) in [5, 5.41) is 18.1. The van der Waals surface area contributed by atoms with Crippen LogP contribution in [0.15, 0.2) is 53.5 Å². The van der Waals surface area contributed by atoms with Crippen molar-refractivity contribution >= 4 is 11.4 Å². The number of aryl methyl sites for hydroxylation is 3. The molecule has 4 aromatic rings. The van der Waals surface area contributed by atoms with Crippen molar-refractivity contribution in [3.05, 3.63) is 92.8 Å². The molecule has 2 aromatic heterocycles. The Balaban J connectivity index is 1.79. The Kier molecular flexibility index (Phi) is 6.82. The van der Waals surface area contributed by atoms with Gasteiger partial charge in [0, 0.05) is 5.56 Å². The first-order valence-corrected chi connectivity index (χ1v) is 12.0. The zero-order chi connectivity index (χ0) is 26.2. The van der Waals surface area contributed by atoms with Gasteiger partial charge < -0.3 is 15.4 Å². The van der Waals surface area contributed by atoms with E-state index >= 15 is 0 Å². The summed E-state index contributed by atoms with van der Waals surface area (Å²) in [6, 6.07) is 10.7. The third kappa shape index (κ3) is 4.95. The second kappa shape index (κ2) is 9.70. The molecule has 0 spiro atoms. The van der Waals surface area contributed by atoms with E-state index in [9.17, 15) is 19.1 Å². The number of rotatable bonds is 7. The van der Waals surface area contributed by atoms with E-state index < -0.39 is 23.4 Å². The number of hydrogen-bond donors (Lipinski definition) is 3. The van der Waals surface area contributed by atoms with Crippen molar-refractivity contribution in [2.45, 2.75) is 59.1 Å². The fraction of sp³-hybridized carbons (Fsp3) is 0.321. The molecule has 0 bridgehead atoms. The van der Waals surface area contributed by atoms with Crippen LogP contribution in [-0.2, 0) is 6.42 Å². The molecule has 1 amide bonds. The number of aromatic amines is 1. The molecule has 0 aliphatic carbocycles. The van der Waals surface area contributed by atoms with Crippen molar-refractivity contribution in [2.24, 2.45) is 0 Å². The second-order valence-electron chi connectivity index (χ2n) is 9.78. The van der Waals surface area contributed by atoms with Gasteiger partial charge in [0.15, 0.2) is 5.69 Å². The van der Waals surface area contributed by atoms with Crippen molar-refractivity contribution in [3.63, 3.8) is 0 Å². The van der Waals surface area contributed by atoms with Crippen molar-refractivity contribution in [3.8, 4) is 11.3 Å². The van der Waals surface area contributed by atoms with E-state index in [0.717, 1.165) is 16.7 Å². The standard InChI is InChI=1S/C28H31FN4O3/c1-6-7-21-23(26(34)31-25(28(4,5)36)18-10-12-20(29)13-11-18)32-33-15-22(30-27(35)24(21)33)19-9-8-16(2)17(3)14-19/h8-15,25,36H,6-7H2,1-5H3,(H,30,35)(H,31,34)/t25-/m0/s1. The Morgan fingerprint density at radius 3 is 2.47 bits per heavy atom. The van der Waals surface area contributed by atoms with Crippen LogP contribution in [0.5, 0.6) is 0 Å². The number of aliphatic hydroxyl groups is 1. The van der Waals surface area contributed by atoms with E-state index in [0.29, 0.717) is 35.2 Å². The Morgan fingerprint density at radius 1 is 1.17 bits per heavy atom. The fourth-order valence-electron chi connectivity index (χ4n) is 4.39. The number of aromatic nitrogens is 3. The summed E-state index contributed by atoms with van der Waals surface area (Å²) in [5.74, 6) is -0.935. The molecular weight excluding hydrogens is 459 g/mol. The second-order valence-corrected chi connectivity index (χ2v) is 9.78. The summed E-state index contributed by atoms with van der Waals surface area (Å²) in [7, 11) is 0. The summed E-state index contributed by atoms with van der Waals surface area (Å²) >= 11 is 0. The predicted octanol–water partition coefficient (Wildman–Crippen LogP) is 4.64. The van der Waals surface area contributed by atoms with Crippen LogP contribution in [-0.4, -0.2) is 31.2 Å². The average molecular weight is 491 g/mol. The van der Waals surface area contributed by atoms with E-state index in [1.165, 1.54) is 28.8 Å². The van der Waals surface area contributed by atoms with Crippen molar-refractivity contribution in [1.29, 1.82) is 0 Å². The van der Waals surface area contributed by atoms with Gasteiger partial charge in [0.05, 0.1) is 23.5 Å². The lowest BCUT2D eigenvalue weighted by atomic mass is 9.91. The first kappa shape index (κ1) is 25.3. The van der Waals surface area contributed by atoms with Gasteiger partial charge in [-0.2, -0.15) is 5.10 Å². The molecule has 2 heterocycles. The molecule has 3 N–H and O–H groups in total. The highest BCUT2D eigenvalue weighted by atomic mass is 19.1. The molecule has 4 rings (SSSR count). The molecule has 8 heteroatoms. The minimum atomic E-state index is -1.34. The molecule has 0 fully saturated rings. The first-order valence-electron chi connectivity index (χ1n) is 12.0. The number of H-pyrrole nitrogens is 1. The number of nitrogens with one attached hydrogen (secondary N) is 2. The lowest BCUT2D eigenvalue weighted by molar-refractivity contribution is 0.0342. The van der Waals surface area contributed by atoms with Crippen LogP contribution in [0.25, 0.3) is 16.8 Å². The van der Waals surface area contributed by atoms with Crippen molar-refractivity contribution in [1.82, 2.24) is 19.9 Å². The number of fused-ring (bicyclic) bond motifs is 1. The van der Waals surface area contributed by atoms with Gasteiger partial charge in [-0.05, 0) is 74.6 Å². The minimum Gasteiger partial charge on any atom is -0.388 e. The lowest BCUT2D eigenvalue weighted by Crippen LogP contribution is -2.42. The Hall–Kier alpha value is -3.78. The molecule has 1 atom stereocenters. The molecular formula is C28H31FN4O3. The highest BCUT2D eigenvalue weighted by Gasteiger charge is 2.32. The summed E-state index contributed by atoms with van der Waals surface area (Å²) in [6.07, 6.45) is 2.89. The van der Waals surface area contributed by atoms with Crippen LogP contribution in [0, 0.1) is 19.7 Å². The fourth-order valence-corrected chi connectivity index (χ4v) is 4.39. The summed E-state index contributed by atoms with van der Waals surface area (Å²) in [5.41, 5.74) is 3.52. The third-order valence-electron chi connectivity index (χ3n) is 6.44. The normalized spacial score (nSPS) is 12.6. The Bertz CT molecular complexity index is 1480. The molecule has 7 nitrogen and oxygen atoms in total. The third-order valence-corrected chi connectivity index (χ3v) is 6.44. The van der Waals surface area contributed by atoms with E-state index in [4.69, 9.17) is 0 Å². The topological polar surface area (TPSA) is 99.5 Å². The van der Waals surface area contributed by atoms with Crippen LogP contribution in [0.1, 0.15) is 66.0 Å². The van der Waals surface area contributed by atoms with Crippen LogP contribution >= 0.6 is 0 Å². The van der Waals surface area contributed by atoms with Crippen molar-refractivity contribution in [2.75, 3.05) is 0 Å². The first-order chi connectivity index (χ1) is 17.0. The molecule has 2 aromatic carbocycles. The number of halogens is 1. The molecule has 0 aliphatic rings. The van der Waals surface area contributed by atoms with E-state index in [-0.39, 0.29) is 11.3 Å². The van der Waals surface area contributed by atoms with Crippen LogP contribution < -0.4 is 10.9 Å². The zero-order valence-electron chi connectivity index (χ0n) is 21.1. The number of nitrogens with zero attached hydrogens (tertiary/aromatic N) is 2. The number of carbonyl (C=O) groups excluding carboxylic acids is 1. The van der Waals surface area contributed by atoms with Crippen LogP contribution in [0.3, 0.4) is 0 Å². The quantitative estimate of drug-likeness (QED) is 0.351. The number of carbonyl (C=O) groups is 1. The van der Waals surface area contributed by atoms with Gasteiger partial charge in [0.1, 0.15) is 11.3 Å². The molecule has 0 aliphatic heterocycles. The smallest absolute Gasteiger partial charge is 0.274 e. The van der Waals surface area contributed by atoms with Crippen LogP contribution in [0.2, 0.25) is 0 Å². The molecule has 36 heavy (non-hydrogen) atoms. The van der Waals surface area contributed by atoms with Gasteiger partial charge in [-0.1, -0.05) is 37.6 Å². The molecule has 188 valence electrons. The van der Waals surface area contributed by atoms with Gasteiger partial charge in [-0.15, -0.1) is 0 Å². The number of hydrogen-bond acceptors (Lipinski definition) is 4. The SMILES string of the molecule is CCCc1c(C(=O)N[C@@H](c2ccc(F)cc2)C(C)(C)O)nn2cc(-c3ccc(C)c(C)c3)[nH]c(=O)c12. The zero-order valence-corrected chi connectivity index (χ0v) is 21.1. The maximum Gasteiger partial charge on any atom is 0.274 e. The van der Waals surface area contributed by atoms with E-state index in [1.807, 2.05) is 39.0 Å². The minimum absolute atomic E-state index is 0.121. The van der Waals surface area contributed by atoms with E-state index in [1.54, 1.807) is 20.0 Å². The summed E-state index contributed by atoms with van der Waals surface area (Å²) in [4.78, 5) is 29.6.